The van der Waals surface area contributed by atoms with Crippen molar-refractivity contribution in [2.45, 2.75) is 33.2 Å². The first kappa shape index (κ1) is 20.8. The molecule has 0 aliphatic carbocycles. The van der Waals surface area contributed by atoms with Crippen LogP contribution < -0.4 is 20.1 Å². The number of rotatable bonds is 7. The van der Waals surface area contributed by atoms with E-state index in [1.807, 2.05) is 24.4 Å². The van der Waals surface area contributed by atoms with Gasteiger partial charge in [-0.3, -0.25) is 0 Å². The van der Waals surface area contributed by atoms with E-state index in [2.05, 4.69) is 34.5 Å². The summed E-state index contributed by atoms with van der Waals surface area (Å²) in [6, 6.07) is 5.93. The Morgan fingerprint density at radius 1 is 1.23 bits per heavy atom. The molecule has 0 fully saturated rings. The molecule has 142 valence electrons. The fourth-order valence-corrected chi connectivity index (χ4v) is 3.33. The van der Waals surface area contributed by atoms with Crippen molar-refractivity contribution in [2.24, 2.45) is 4.99 Å². The summed E-state index contributed by atoms with van der Waals surface area (Å²) in [5.41, 5.74) is 1.09. The van der Waals surface area contributed by atoms with E-state index in [1.54, 1.807) is 11.3 Å². The average Bonchev–Trinajstić information content (AvgIpc) is 3.28. The first-order chi connectivity index (χ1) is 12.3. The van der Waals surface area contributed by atoms with Gasteiger partial charge in [0.15, 0.2) is 17.5 Å². The Balaban J connectivity index is 0.00000243. The average molecular weight is 488 g/mol. The van der Waals surface area contributed by atoms with Gasteiger partial charge >= 0.3 is 0 Å². The molecule has 0 saturated heterocycles. The lowest BCUT2D eigenvalue weighted by Gasteiger charge is -2.10. The van der Waals surface area contributed by atoms with Gasteiger partial charge < -0.3 is 20.1 Å². The number of halogens is 1. The van der Waals surface area contributed by atoms with Gasteiger partial charge in [0.2, 0.25) is 6.79 Å². The van der Waals surface area contributed by atoms with E-state index in [9.17, 15) is 0 Å². The molecule has 0 radical (unpaired) electrons. The van der Waals surface area contributed by atoms with Crippen LogP contribution in [0.25, 0.3) is 0 Å². The summed E-state index contributed by atoms with van der Waals surface area (Å²) in [5, 5.41) is 7.81. The molecule has 0 spiro atoms. The fourth-order valence-electron chi connectivity index (χ4n) is 2.47. The lowest BCUT2D eigenvalue weighted by Crippen LogP contribution is -2.38. The highest BCUT2D eigenvalue weighted by atomic mass is 127. The minimum Gasteiger partial charge on any atom is -0.454 e. The number of benzene rings is 1. The van der Waals surface area contributed by atoms with Crippen molar-refractivity contribution in [3.63, 3.8) is 0 Å². The molecule has 6 nitrogen and oxygen atoms in total. The summed E-state index contributed by atoms with van der Waals surface area (Å²) in [6.07, 6.45) is 3.92. The highest BCUT2D eigenvalue weighted by Gasteiger charge is 2.13. The van der Waals surface area contributed by atoms with Crippen LogP contribution >= 0.6 is 35.3 Å². The fraction of sp³-hybridized carbons (Fsp3) is 0.444. The number of nitrogens with zero attached hydrogens (tertiary/aromatic N) is 2. The number of thiazole rings is 1. The second-order valence-electron chi connectivity index (χ2n) is 5.63. The van der Waals surface area contributed by atoms with Crippen molar-refractivity contribution < 1.29 is 9.47 Å². The second-order valence-corrected chi connectivity index (χ2v) is 6.83. The van der Waals surface area contributed by atoms with E-state index in [4.69, 9.17) is 9.47 Å². The zero-order valence-corrected chi connectivity index (χ0v) is 18.2. The normalized spacial score (nSPS) is 12.6. The van der Waals surface area contributed by atoms with E-state index in [-0.39, 0.29) is 24.0 Å². The number of aliphatic imine (C=N–C) groups is 1. The molecule has 0 bridgehead atoms. The van der Waals surface area contributed by atoms with Crippen molar-refractivity contribution in [2.75, 3.05) is 19.9 Å². The third-order valence-corrected chi connectivity index (χ3v) is 4.98. The van der Waals surface area contributed by atoms with Crippen molar-refractivity contribution in [3.8, 4) is 11.5 Å². The molecule has 1 aliphatic rings. The highest BCUT2D eigenvalue weighted by Crippen LogP contribution is 2.32. The van der Waals surface area contributed by atoms with Gasteiger partial charge in [-0.15, -0.1) is 35.3 Å². The number of hydrogen-bond donors (Lipinski definition) is 2. The first-order valence-electron chi connectivity index (χ1n) is 8.62. The quantitative estimate of drug-likeness (QED) is 0.356. The maximum absolute atomic E-state index is 5.41. The Hall–Kier alpha value is -1.55. The third kappa shape index (κ3) is 5.73. The van der Waals surface area contributed by atoms with E-state index in [1.165, 1.54) is 4.88 Å². The van der Waals surface area contributed by atoms with Crippen LogP contribution in [0.1, 0.15) is 29.3 Å². The molecule has 1 aromatic carbocycles. The van der Waals surface area contributed by atoms with Gasteiger partial charge in [0, 0.05) is 30.6 Å². The molecule has 0 unspecified atom stereocenters. The molecule has 0 saturated carbocycles. The summed E-state index contributed by atoms with van der Waals surface area (Å²) in [4.78, 5) is 10.4. The number of aromatic nitrogens is 1. The molecule has 2 N–H and O–H groups in total. The minimum absolute atomic E-state index is 0. The highest BCUT2D eigenvalue weighted by molar-refractivity contribution is 14.0. The monoisotopic (exact) mass is 488 g/mol. The summed E-state index contributed by atoms with van der Waals surface area (Å²) >= 11 is 1.78. The summed E-state index contributed by atoms with van der Waals surface area (Å²) in [5.74, 6) is 2.40. The van der Waals surface area contributed by atoms with Gasteiger partial charge in [0.1, 0.15) is 0 Å². The molecule has 3 rings (SSSR count). The number of hydrogen-bond acceptors (Lipinski definition) is 5. The molecule has 1 aliphatic heterocycles. The van der Waals surface area contributed by atoms with Crippen molar-refractivity contribution in [1.82, 2.24) is 15.6 Å². The van der Waals surface area contributed by atoms with Crippen LogP contribution in [0, 0.1) is 0 Å². The van der Waals surface area contributed by atoms with Gasteiger partial charge in [-0.25, -0.2) is 9.98 Å². The first-order valence-corrected chi connectivity index (χ1v) is 9.44. The summed E-state index contributed by atoms with van der Waals surface area (Å²) in [6.45, 7) is 6.73. The molecule has 0 atom stereocenters. The van der Waals surface area contributed by atoms with Crippen molar-refractivity contribution in [1.29, 1.82) is 0 Å². The standard InChI is InChI=1S/C18H24N4O2S.HI/c1-3-14-11-21-17(25-14)7-8-20-18(19-4-2)22-10-13-5-6-15-16(9-13)24-12-23-15;/h5-6,9,11H,3-4,7-8,10,12H2,1-2H3,(H2,19,20,22);1H. The van der Waals surface area contributed by atoms with Crippen LogP contribution in [0.2, 0.25) is 0 Å². The maximum Gasteiger partial charge on any atom is 0.231 e. The van der Waals surface area contributed by atoms with Crippen LogP contribution in [-0.2, 0) is 19.4 Å². The van der Waals surface area contributed by atoms with Crippen LogP contribution in [0.4, 0.5) is 0 Å². The number of fused-ring (bicyclic) bond motifs is 1. The van der Waals surface area contributed by atoms with Crippen LogP contribution in [0.5, 0.6) is 11.5 Å². The zero-order chi connectivity index (χ0) is 17.5. The molecule has 2 heterocycles. The van der Waals surface area contributed by atoms with Gasteiger partial charge in [0.05, 0.1) is 11.6 Å². The Kier molecular flexibility index (Phi) is 8.43. The Morgan fingerprint density at radius 3 is 2.85 bits per heavy atom. The van der Waals surface area contributed by atoms with Crippen molar-refractivity contribution in [3.05, 3.63) is 39.8 Å². The summed E-state index contributed by atoms with van der Waals surface area (Å²) < 4.78 is 10.7. The largest absolute Gasteiger partial charge is 0.454 e. The summed E-state index contributed by atoms with van der Waals surface area (Å²) in [7, 11) is 0. The number of guanidine groups is 1. The van der Waals surface area contributed by atoms with Gasteiger partial charge in [-0.2, -0.15) is 0 Å². The lowest BCUT2D eigenvalue weighted by molar-refractivity contribution is 0.174. The SMILES string of the molecule is CCNC(=NCc1ccc2c(c1)OCO2)NCCc1ncc(CC)s1.I. The Morgan fingerprint density at radius 2 is 2.08 bits per heavy atom. The molecule has 1 aromatic heterocycles. The van der Waals surface area contributed by atoms with E-state index >= 15 is 0 Å². The van der Waals surface area contributed by atoms with Crippen LogP contribution in [0.3, 0.4) is 0 Å². The zero-order valence-electron chi connectivity index (χ0n) is 15.1. The third-order valence-electron chi connectivity index (χ3n) is 3.78. The van der Waals surface area contributed by atoms with Crippen LogP contribution in [0.15, 0.2) is 29.4 Å². The predicted molar refractivity (Wildman–Crippen MR) is 116 cm³/mol. The topological polar surface area (TPSA) is 67.8 Å². The number of ether oxygens (including phenoxy) is 2. The number of aryl methyl sites for hydroxylation is 1. The van der Waals surface area contributed by atoms with Gasteiger partial charge in [-0.05, 0) is 31.0 Å². The Labute approximate surface area is 175 Å². The molecule has 0 amide bonds. The maximum atomic E-state index is 5.41. The second kappa shape index (κ2) is 10.6. The smallest absolute Gasteiger partial charge is 0.231 e. The molecule has 26 heavy (non-hydrogen) atoms. The molecule has 8 heteroatoms. The molecular formula is C18H25IN4O2S. The Bertz CT molecular complexity index is 736. The van der Waals surface area contributed by atoms with E-state index < -0.39 is 0 Å². The van der Waals surface area contributed by atoms with Crippen LogP contribution in [-0.4, -0.2) is 30.8 Å². The van der Waals surface area contributed by atoms with Crippen molar-refractivity contribution >= 4 is 41.3 Å². The van der Waals surface area contributed by atoms with Gasteiger partial charge in [-0.1, -0.05) is 13.0 Å². The lowest BCUT2D eigenvalue weighted by atomic mass is 10.2. The minimum atomic E-state index is 0. The van der Waals surface area contributed by atoms with Gasteiger partial charge in [0.25, 0.3) is 0 Å². The number of nitrogens with one attached hydrogen (secondary N) is 2. The van der Waals surface area contributed by atoms with E-state index in [0.29, 0.717) is 13.3 Å². The van der Waals surface area contributed by atoms with E-state index in [0.717, 1.165) is 54.0 Å². The molecular weight excluding hydrogens is 463 g/mol. The predicted octanol–water partition coefficient (Wildman–Crippen LogP) is 3.35. The molecule has 2 aromatic rings.